The van der Waals surface area contributed by atoms with Gasteiger partial charge < -0.3 is 19.9 Å². The average molecular weight is 798 g/mol. The van der Waals surface area contributed by atoms with Gasteiger partial charge >= 0.3 is 12.4 Å². The molecule has 2 N–H and O–H groups in total. The van der Waals surface area contributed by atoms with E-state index < -0.39 is 35.2 Å². The van der Waals surface area contributed by atoms with Gasteiger partial charge in [-0.2, -0.15) is 26.3 Å². The van der Waals surface area contributed by atoms with Gasteiger partial charge in [-0.25, -0.2) is 0 Å². The molecule has 4 aromatic rings. The Bertz CT molecular complexity index is 2050. The topological polar surface area (TPSA) is 46.2 Å². The zero-order valence-electron chi connectivity index (χ0n) is 33.0. The van der Waals surface area contributed by atoms with Crippen LogP contribution in [0.25, 0.3) is 10.9 Å². The molecule has 5 nitrogen and oxygen atoms in total. The minimum absolute atomic E-state index is 0.0962. The summed E-state index contributed by atoms with van der Waals surface area (Å²) in [7, 11) is 1.58. The fourth-order valence-electron chi connectivity index (χ4n) is 8.68. The van der Waals surface area contributed by atoms with Crippen LogP contribution in [0.3, 0.4) is 0 Å². The minimum Gasteiger partial charge on any atom is -0.497 e. The lowest BCUT2D eigenvalue weighted by atomic mass is 9.70. The van der Waals surface area contributed by atoms with Crippen LogP contribution < -0.4 is 15.4 Å². The molecule has 300 valence electrons. The van der Waals surface area contributed by atoms with Crippen molar-refractivity contribution >= 4 is 33.9 Å². The number of piperidine rings is 3. The Hall–Kier alpha value is -4.16. The lowest BCUT2D eigenvalue weighted by molar-refractivity contribution is -0.983. The summed E-state index contributed by atoms with van der Waals surface area (Å²) in [6.45, 7) is 19.9. The monoisotopic (exact) mass is 797 g/mol. The van der Waals surface area contributed by atoms with Crippen LogP contribution >= 0.6 is 12.2 Å². The Balaban J connectivity index is 1.49. The number of ether oxygens (including phenoxy) is 1. The number of hydrogen-bond acceptors (Lipinski definition) is 3. The van der Waals surface area contributed by atoms with Gasteiger partial charge in [0.1, 0.15) is 24.4 Å². The fraction of sp³-hybridized carbons (Fsp3) is 0.455. The van der Waals surface area contributed by atoms with Crippen molar-refractivity contribution < 1.29 is 35.6 Å². The summed E-state index contributed by atoms with van der Waals surface area (Å²) in [5.41, 5.74) is 1.79. The van der Waals surface area contributed by atoms with E-state index >= 15 is 0 Å². The number of hydrogen-bond donors (Lipinski definition) is 2. The van der Waals surface area contributed by atoms with E-state index in [9.17, 15) is 26.3 Å². The number of anilines is 1. The van der Waals surface area contributed by atoms with Crippen molar-refractivity contribution in [3.05, 3.63) is 113 Å². The van der Waals surface area contributed by atoms with Crippen molar-refractivity contribution in [2.24, 2.45) is 11.8 Å². The summed E-state index contributed by atoms with van der Waals surface area (Å²) >= 11 is 5.79. The molecule has 3 saturated heterocycles. The van der Waals surface area contributed by atoms with Crippen molar-refractivity contribution in [1.82, 2.24) is 10.3 Å². The van der Waals surface area contributed by atoms with E-state index in [2.05, 4.69) is 88.0 Å². The van der Waals surface area contributed by atoms with Crippen molar-refractivity contribution in [3.8, 4) is 5.75 Å². The van der Waals surface area contributed by atoms with Gasteiger partial charge in [0.25, 0.3) is 0 Å². The number of nitrogens with one attached hydrogen (secondary N) is 2. The number of halogens is 6. The van der Waals surface area contributed by atoms with Crippen LogP contribution in [-0.4, -0.2) is 40.8 Å². The predicted octanol–water partition coefficient (Wildman–Crippen LogP) is 11.5. The van der Waals surface area contributed by atoms with Gasteiger partial charge in [0, 0.05) is 41.6 Å². The molecular weight excluding hydrogens is 747 g/mol. The SMILES string of the molecule is C=C[C@H]1C[N@+]2(Cc3cc(C(C)(C)C)cc(C(C)(C)C)c3)CC[C@H]1C[C@H]2[C@H](NC(=S)Nc1cc(C(F)(F)F)cc(C(F)(F)F)c1)c1ccnc2ccc(OC)cc12. The molecule has 3 fully saturated rings. The van der Waals surface area contributed by atoms with E-state index in [0.29, 0.717) is 40.3 Å². The highest BCUT2D eigenvalue weighted by molar-refractivity contribution is 7.80. The Morgan fingerprint density at radius 3 is 2.05 bits per heavy atom. The molecule has 0 radical (unpaired) electrons. The zero-order chi connectivity index (χ0) is 41.0. The highest BCUT2D eigenvalue weighted by Gasteiger charge is 2.54. The van der Waals surface area contributed by atoms with Crippen molar-refractivity contribution in [3.63, 3.8) is 0 Å². The molecule has 5 atom stereocenters. The van der Waals surface area contributed by atoms with E-state index in [4.69, 9.17) is 17.0 Å². The highest BCUT2D eigenvalue weighted by Crippen LogP contribution is 2.49. The van der Waals surface area contributed by atoms with Crippen LogP contribution in [0.15, 0.2) is 79.5 Å². The number of quaternary nitrogens is 1. The van der Waals surface area contributed by atoms with Crippen molar-refractivity contribution in [2.75, 3.05) is 25.5 Å². The lowest BCUT2D eigenvalue weighted by Crippen LogP contribution is -2.69. The summed E-state index contributed by atoms with van der Waals surface area (Å²) in [5, 5.41) is 6.86. The fourth-order valence-corrected chi connectivity index (χ4v) is 8.92. The number of alkyl halides is 6. The molecule has 7 rings (SSSR count). The maximum atomic E-state index is 13.8. The molecule has 0 aliphatic carbocycles. The Labute approximate surface area is 331 Å². The number of pyridine rings is 1. The smallest absolute Gasteiger partial charge is 0.416 e. The first kappa shape index (κ1) is 41.5. The minimum atomic E-state index is -5.01. The molecule has 12 heteroatoms. The molecule has 0 saturated carbocycles. The Morgan fingerprint density at radius 1 is 0.893 bits per heavy atom. The first-order chi connectivity index (χ1) is 26.0. The number of benzene rings is 3. The second-order valence-electron chi connectivity index (χ2n) is 17.6. The van der Waals surface area contributed by atoms with E-state index in [0.717, 1.165) is 36.9 Å². The highest BCUT2D eigenvalue weighted by atomic mass is 32.1. The van der Waals surface area contributed by atoms with Gasteiger partial charge in [-0.05, 0) is 100 Å². The average Bonchev–Trinajstić information content (AvgIpc) is 3.11. The van der Waals surface area contributed by atoms with E-state index in [1.165, 1.54) is 16.7 Å². The van der Waals surface area contributed by atoms with Gasteiger partial charge in [-0.1, -0.05) is 53.7 Å². The van der Waals surface area contributed by atoms with Crippen LogP contribution in [-0.2, 0) is 29.7 Å². The molecule has 1 aromatic heterocycles. The molecule has 3 aromatic carbocycles. The number of thiocarbonyl (C=S) groups is 1. The molecule has 0 amide bonds. The number of methoxy groups -OCH3 is 1. The molecule has 3 aliphatic rings. The van der Waals surface area contributed by atoms with Crippen molar-refractivity contribution in [1.29, 1.82) is 0 Å². The van der Waals surface area contributed by atoms with E-state index in [1.54, 1.807) is 13.3 Å². The van der Waals surface area contributed by atoms with Gasteiger partial charge in [-0.3, -0.25) is 4.98 Å². The second-order valence-corrected chi connectivity index (χ2v) is 18.0. The number of rotatable bonds is 8. The van der Waals surface area contributed by atoms with Crippen LogP contribution in [0.5, 0.6) is 5.75 Å². The molecule has 0 spiro atoms. The maximum Gasteiger partial charge on any atom is 0.416 e. The van der Waals surface area contributed by atoms with Crippen LogP contribution in [0.1, 0.15) is 93.8 Å². The quantitative estimate of drug-likeness (QED) is 0.0805. The lowest BCUT2D eigenvalue weighted by Gasteiger charge is -2.59. The summed E-state index contributed by atoms with van der Waals surface area (Å²) in [6, 6.07) is 15.2. The summed E-state index contributed by atoms with van der Waals surface area (Å²) in [6.07, 6.45) is -4.46. The van der Waals surface area contributed by atoms with Gasteiger partial charge in [0.15, 0.2) is 5.11 Å². The summed E-state index contributed by atoms with van der Waals surface area (Å²) in [5.74, 6) is 1.21. The van der Waals surface area contributed by atoms with Gasteiger partial charge in [0.05, 0.1) is 36.8 Å². The predicted molar refractivity (Wildman–Crippen MR) is 215 cm³/mol. The Kier molecular flexibility index (Phi) is 11.1. The van der Waals surface area contributed by atoms with Crippen LogP contribution in [0.2, 0.25) is 0 Å². The molecule has 0 unspecified atom stereocenters. The molecular formula is C44H51F6N4OS+. The third kappa shape index (κ3) is 8.71. The standard InChI is InChI=1S/C44H50F6N4OS/c1-9-27-25-54(24-26-16-29(41(2,3)4)19-30(17-26)42(5,6)7)15-13-28(27)18-38(54)39(35-12-14-51-37-11-10-34(55-8)23-36(35)37)53-40(56)52-33-21-31(43(45,46)47)20-32(22-33)44(48,49)50/h9-12,14,16-17,19-23,27-28,38-39H,1,13,15,18,24-25H2,2-8H3,(H-,52,53,56)/p+1/t27-,28-,38-,39+,54+/m0/s1. The second kappa shape index (κ2) is 15.0. The largest absolute Gasteiger partial charge is 0.497 e. The zero-order valence-corrected chi connectivity index (χ0v) is 33.8. The number of fused-ring (bicyclic) bond motifs is 4. The number of aromatic nitrogens is 1. The maximum absolute atomic E-state index is 13.8. The third-order valence-electron chi connectivity index (χ3n) is 11.7. The first-order valence-electron chi connectivity index (χ1n) is 18.9. The Morgan fingerprint density at radius 2 is 1.50 bits per heavy atom. The third-order valence-corrected chi connectivity index (χ3v) is 12.0. The molecule has 3 aliphatic heterocycles. The molecule has 2 bridgehead atoms. The molecule has 4 heterocycles. The summed E-state index contributed by atoms with van der Waals surface area (Å²) in [4.78, 5) is 4.62. The van der Waals surface area contributed by atoms with E-state index in [1.807, 2.05) is 24.3 Å². The van der Waals surface area contributed by atoms with E-state index in [-0.39, 0.29) is 34.0 Å². The van der Waals surface area contributed by atoms with Gasteiger partial charge in [-0.15, -0.1) is 6.58 Å². The van der Waals surface area contributed by atoms with Crippen LogP contribution in [0.4, 0.5) is 32.0 Å². The van der Waals surface area contributed by atoms with Crippen LogP contribution in [0, 0.1) is 11.8 Å². The number of nitrogens with zero attached hydrogens (tertiary/aromatic N) is 2. The molecule has 56 heavy (non-hydrogen) atoms. The summed E-state index contributed by atoms with van der Waals surface area (Å²) < 4.78 is 89.3. The van der Waals surface area contributed by atoms with Gasteiger partial charge in [0.2, 0.25) is 0 Å². The normalized spacial score (nSPS) is 22.1. The van der Waals surface area contributed by atoms with Crippen molar-refractivity contribution in [2.45, 2.75) is 96.2 Å². The first-order valence-corrected chi connectivity index (χ1v) is 19.3.